The summed E-state index contributed by atoms with van der Waals surface area (Å²) in [5.41, 5.74) is 1.63. The monoisotopic (exact) mass is 314 g/mol. The van der Waals surface area contributed by atoms with Gasteiger partial charge in [-0.1, -0.05) is 33.1 Å². The number of rotatable bonds is 10. The van der Waals surface area contributed by atoms with Gasteiger partial charge in [0, 0.05) is 5.56 Å². The maximum atomic E-state index is 9.03. The summed E-state index contributed by atoms with van der Waals surface area (Å²) in [6.45, 7) is 12.3. The Morgan fingerprint density at radius 1 is 1.26 bits per heavy atom. The fourth-order valence-electron chi connectivity index (χ4n) is 2.51. The minimum Gasteiger partial charge on any atom is -0.496 e. The van der Waals surface area contributed by atoms with Crippen molar-refractivity contribution in [2.45, 2.75) is 52.5 Å². The van der Waals surface area contributed by atoms with E-state index in [9.17, 15) is 0 Å². The Morgan fingerprint density at radius 2 is 2.00 bits per heavy atom. The van der Waals surface area contributed by atoms with Gasteiger partial charge in [-0.2, -0.15) is 5.26 Å². The maximum Gasteiger partial charge on any atom is 0.243 e. The van der Waals surface area contributed by atoms with Crippen LogP contribution in [0.25, 0.3) is 4.85 Å². The average molecular weight is 314 g/mol. The van der Waals surface area contributed by atoms with Crippen LogP contribution < -0.4 is 9.47 Å². The molecule has 0 aliphatic rings. The summed E-state index contributed by atoms with van der Waals surface area (Å²) in [6, 6.07) is 5.85. The van der Waals surface area contributed by atoms with Gasteiger partial charge in [-0.25, -0.2) is 6.57 Å². The predicted octanol–water partition coefficient (Wildman–Crippen LogP) is 4.78. The van der Waals surface area contributed by atoms with Gasteiger partial charge in [0.15, 0.2) is 0 Å². The average Bonchev–Trinajstić information content (AvgIpc) is 2.57. The summed E-state index contributed by atoms with van der Waals surface area (Å²) >= 11 is 0. The Hall–Kier alpha value is -2.20. The number of methoxy groups -OCH3 is 1. The highest BCUT2D eigenvalue weighted by molar-refractivity contribution is 5.48. The molecule has 0 aliphatic heterocycles. The van der Waals surface area contributed by atoms with E-state index in [2.05, 4.69) is 24.8 Å². The first-order valence-electron chi connectivity index (χ1n) is 8.22. The third-order valence-electron chi connectivity index (χ3n) is 4.00. The standard InChI is InChI=1S/C19H26N2O2/c1-5-7-8-15(6-2)14-23-19-12-17(13-21-3)18(22-4)11-16(19)9-10-20/h11-12,15H,5-9,13-14H2,1-2,4H3. The zero-order valence-electron chi connectivity index (χ0n) is 14.4. The lowest BCUT2D eigenvalue weighted by Gasteiger charge is -2.18. The smallest absolute Gasteiger partial charge is 0.243 e. The number of unbranched alkanes of at least 4 members (excludes halogenated alkanes) is 1. The van der Waals surface area contributed by atoms with Crippen LogP contribution in [0.3, 0.4) is 0 Å². The molecule has 1 aromatic rings. The van der Waals surface area contributed by atoms with Crippen molar-refractivity contribution in [2.24, 2.45) is 5.92 Å². The lowest BCUT2D eigenvalue weighted by Crippen LogP contribution is -2.12. The van der Waals surface area contributed by atoms with Gasteiger partial charge in [-0.3, -0.25) is 0 Å². The molecule has 0 fully saturated rings. The van der Waals surface area contributed by atoms with Crippen molar-refractivity contribution in [2.75, 3.05) is 13.7 Å². The molecule has 0 heterocycles. The van der Waals surface area contributed by atoms with Crippen LogP contribution in [0.5, 0.6) is 11.5 Å². The van der Waals surface area contributed by atoms with Gasteiger partial charge in [0.1, 0.15) is 11.5 Å². The molecule has 0 spiro atoms. The lowest BCUT2D eigenvalue weighted by atomic mass is 10.0. The fourth-order valence-corrected chi connectivity index (χ4v) is 2.51. The van der Waals surface area contributed by atoms with Crippen LogP contribution in [0.1, 0.15) is 50.7 Å². The van der Waals surface area contributed by atoms with Crippen LogP contribution >= 0.6 is 0 Å². The highest BCUT2D eigenvalue weighted by atomic mass is 16.5. The summed E-state index contributed by atoms with van der Waals surface area (Å²) in [5.74, 6) is 1.88. The maximum absolute atomic E-state index is 9.03. The number of hydrogen-bond donors (Lipinski definition) is 0. The van der Waals surface area contributed by atoms with Gasteiger partial charge >= 0.3 is 0 Å². The minimum absolute atomic E-state index is 0.249. The van der Waals surface area contributed by atoms with Crippen LogP contribution in [0, 0.1) is 23.8 Å². The Kier molecular flexibility index (Phi) is 8.62. The van der Waals surface area contributed by atoms with Crippen molar-refractivity contribution in [1.82, 2.24) is 0 Å². The van der Waals surface area contributed by atoms with Gasteiger partial charge in [0.05, 0.1) is 31.8 Å². The Labute approximate surface area is 139 Å². The first-order chi connectivity index (χ1) is 11.2. The Balaban J connectivity index is 2.96. The van der Waals surface area contributed by atoms with E-state index in [1.165, 1.54) is 12.8 Å². The summed E-state index contributed by atoms with van der Waals surface area (Å²) in [7, 11) is 1.58. The molecule has 0 aromatic heterocycles. The molecular formula is C19H26N2O2. The first kappa shape index (κ1) is 18.8. The van der Waals surface area contributed by atoms with Crippen molar-refractivity contribution in [3.05, 3.63) is 34.7 Å². The van der Waals surface area contributed by atoms with Crippen molar-refractivity contribution in [3.8, 4) is 17.6 Å². The molecule has 1 aromatic carbocycles. The Bertz CT molecular complexity index is 570. The lowest BCUT2D eigenvalue weighted by molar-refractivity contribution is 0.231. The van der Waals surface area contributed by atoms with Gasteiger partial charge in [0.25, 0.3) is 0 Å². The van der Waals surface area contributed by atoms with E-state index < -0.39 is 0 Å². The molecule has 0 bridgehead atoms. The molecule has 0 radical (unpaired) electrons. The van der Waals surface area contributed by atoms with E-state index in [0.717, 1.165) is 24.0 Å². The third-order valence-corrected chi connectivity index (χ3v) is 4.00. The second-order valence-electron chi connectivity index (χ2n) is 5.65. The summed E-state index contributed by atoms with van der Waals surface area (Å²) in [6.07, 6.45) is 4.91. The molecule has 0 saturated heterocycles. The van der Waals surface area contributed by atoms with E-state index in [-0.39, 0.29) is 13.0 Å². The van der Waals surface area contributed by atoms with E-state index >= 15 is 0 Å². The molecule has 0 amide bonds. The molecule has 4 nitrogen and oxygen atoms in total. The van der Waals surface area contributed by atoms with E-state index in [1.807, 2.05) is 12.1 Å². The van der Waals surface area contributed by atoms with Crippen LogP contribution in [-0.2, 0) is 13.0 Å². The summed E-state index contributed by atoms with van der Waals surface area (Å²) < 4.78 is 11.3. The number of ether oxygens (including phenoxy) is 2. The van der Waals surface area contributed by atoms with Crippen LogP contribution in [0.4, 0.5) is 0 Å². The molecule has 4 heteroatoms. The fraction of sp³-hybridized carbons (Fsp3) is 0.579. The van der Waals surface area contributed by atoms with Crippen LogP contribution in [0.15, 0.2) is 12.1 Å². The number of nitriles is 1. The highest BCUT2D eigenvalue weighted by Gasteiger charge is 2.15. The SMILES string of the molecule is [C-]#[N+]Cc1cc(OCC(CC)CCCC)c(CC#N)cc1OC. The molecule has 23 heavy (non-hydrogen) atoms. The zero-order chi connectivity index (χ0) is 17.1. The molecule has 1 unspecified atom stereocenters. The normalized spacial score (nSPS) is 11.3. The zero-order valence-corrected chi connectivity index (χ0v) is 14.4. The van der Waals surface area contributed by atoms with E-state index in [4.69, 9.17) is 21.3 Å². The molecule has 0 N–H and O–H groups in total. The minimum atomic E-state index is 0.249. The quantitative estimate of drug-likeness (QED) is 0.584. The Morgan fingerprint density at radius 3 is 2.57 bits per heavy atom. The highest BCUT2D eigenvalue weighted by Crippen LogP contribution is 2.30. The van der Waals surface area contributed by atoms with Gasteiger partial charge in [0.2, 0.25) is 6.54 Å². The van der Waals surface area contributed by atoms with Gasteiger partial charge < -0.3 is 14.3 Å². The van der Waals surface area contributed by atoms with E-state index in [1.54, 1.807) is 7.11 Å². The number of nitrogens with zero attached hydrogens (tertiary/aromatic N) is 2. The summed E-state index contributed by atoms with van der Waals surface area (Å²) in [4.78, 5) is 3.43. The third kappa shape index (κ3) is 5.83. The van der Waals surface area contributed by atoms with Gasteiger partial charge in [-0.05, 0) is 24.5 Å². The van der Waals surface area contributed by atoms with Crippen LogP contribution in [0.2, 0.25) is 0 Å². The topological polar surface area (TPSA) is 46.6 Å². The molecule has 0 aliphatic carbocycles. The molecule has 1 rings (SSSR count). The molecule has 0 saturated carbocycles. The van der Waals surface area contributed by atoms with Crippen molar-refractivity contribution in [1.29, 1.82) is 5.26 Å². The second kappa shape index (κ2) is 10.5. The summed E-state index contributed by atoms with van der Waals surface area (Å²) in [5, 5.41) is 9.03. The van der Waals surface area contributed by atoms with E-state index in [0.29, 0.717) is 24.0 Å². The van der Waals surface area contributed by atoms with Crippen molar-refractivity contribution in [3.63, 3.8) is 0 Å². The number of benzene rings is 1. The largest absolute Gasteiger partial charge is 0.496 e. The van der Waals surface area contributed by atoms with Crippen molar-refractivity contribution >= 4 is 0 Å². The second-order valence-corrected chi connectivity index (χ2v) is 5.65. The van der Waals surface area contributed by atoms with Crippen LogP contribution in [-0.4, -0.2) is 13.7 Å². The number of hydrogen-bond acceptors (Lipinski definition) is 3. The first-order valence-corrected chi connectivity index (χ1v) is 8.22. The van der Waals surface area contributed by atoms with Crippen molar-refractivity contribution < 1.29 is 9.47 Å². The molecule has 1 atom stereocenters. The van der Waals surface area contributed by atoms with Gasteiger partial charge in [-0.15, -0.1) is 0 Å². The predicted molar refractivity (Wildman–Crippen MR) is 91.4 cm³/mol. The molecular weight excluding hydrogens is 288 g/mol. The molecule has 124 valence electrons.